The average Bonchev–Trinajstić information content (AvgIpc) is 3.24. The van der Waals surface area contributed by atoms with Crippen molar-refractivity contribution in [3.8, 4) is 5.88 Å². The quantitative estimate of drug-likeness (QED) is 0.895. The van der Waals surface area contributed by atoms with Crippen LogP contribution in [0.2, 0.25) is 0 Å². The van der Waals surface area contributed by atoms with Crippen molar-refractivity contribution in [2.75, 3.05) is 13.1 Å². The number of carbonyl (C=O) groups is 1. The first-order valence-corrected chi connectivity index (χ1v) is 8.55. The summed E-state index contributed by atoms with van der Waals surface area (Å²) in [4.78, 5) is 18.6. The predicted molar refractivity (Wildman–Crippen MR) is 86.4 cm³/mol. The van der Waals surface area contributed by atoms with Crippen LogP contribution in [0.3, 0.4) is 0 Å². The summed E-state index contributed by atoms with van der Waals surface area (Å²) < 4.78 is 43.6. The number of thiophene rings is 1. The molecule has 134 valence electrons. The number of alkyl halides is 3. The summed E-state index contributed by atoms with van der Waals surface area (Å²) in [6.45, 7) is 1.25. The second-order valence-corrected chi connectivity index (χ2v) is 6.63. The third-order valence-electron chi connectivity index (χ3n) is 3.78. The molecule has 1 saturated heterocycles. The van der Waals surface area contributed by atoms with E-state index in [4.69, 9.17) is 4.74 Å². The summed E-state index contributed by atoms with van der Waals surface area (Å²) in [6, 6.07) is 5.40. The van der Waals surface area contributed by atoms with Crippen molar-refractivity contribution in [1.82, 2.24) is 15.2 Å². The molecule has 3 rings (SSSR count). The molecule has 1 aliphatic heterocycles. The molecule has 9 heteroatoms. The number of ether oxygens (including phenoxy) is 1. The fourth-order valence-corrected chi connectivity index (χ4v) is 3.16. The number of urea groups is 1. The second-order valence-electron chi connectivity index (χ2n) is 5.59. The zero-order valence-electron chi connectivity index (χ0n) is 13.1. The monoisotopic (exact) mass is 371 g/mol. The number of nitrogens with zero attached hydrogens (tertiary/aromatic N) is 2. The molecule has 1 fully saturated rings. The molecule has 0 spiro atoms. The van der Waals surface area contributed by atoms with E-state index in [0.717, 1.165) is 23.2 Å². The second kappa shape index (κ2) is 7.30. The lowest BCUT2D eigenvalue weighted by atomic mass is 10.2. The van der Waals surface area contributed by atoms with E-state index in [1.54, 1.807) is 16.2 Å². The van der Waals surface area contributed by atoms with Gasteiger partial charge in [0.05, 0.1) is 18.7 Å². The summed E-state index contributed by atoms with van der Waals surface area (Å²) in [7, 11) is 0. The minimum atomic E-state index is -4.44. The van der Waals surface area contributed by atoms with Crippen LogP contribution in [0.25, 0.3) is 0 Å². The third kappa shape index (κ3) is 4.62. The highest BCUT2D eigenvalue weighted by Crippen LogP contribution is 2.31. The minimum absolute atomic E-state index is 0.0827. The largest absolute Gasteiger partial charge is 0.472 e. The maximum Gasteiger partial charge on any atom is 0.416 e. The Kier molecular flexibility index (Phi) is 5.12. The normalized spacial score (nSPS) is 17.6. The lowest BCUT2D eigenvalue weighted by Crippen LogP contribution is -2.38. The van der Waals surface area contributed by atoms with Gasteiger partial charge in [-0.2, -0.15) is 13.2 Å². The summed E-state index contributed by atoms with van der Waals surface area (Å²) in [5.74, 6) is -0.0827. The molecule has 0 saturated carbocycles. The molecule has 25 heavy (non-hydrogen) atoms. The molecule has 0 radical (unpaired) electrons. The van der Waals surface area contributed by atoms with Gasteiger partial charge < -0.3 is 15.0 Å². The van der Waals surface area contributed by atoms with Crippen LogP contribution in [0.5, 0.6) is 5.88 Å². The molecule has 1 aliphatic rings. The molecule has 5 nitrogen and oxygen atoms in total. The summed E-state index contributed by atoms with van der Waals surface area (Å²) in [6.07, 6.45) is -3.20. The molecule has 1 atom stereocenters. The van der Waals surface area contributed by atoms with Gasteiger partial charge in [0.2, 0.25) is 5.88 Å². The fourth-order valence-electron chi connectivity index (χ4n) is 2.52. The standard InChI is InChI=1S/C16H16F3N3O2S/c17-16(18,19)11-3-5-20-14(8-11)24-12-4-6-22(10-12)15(23)21-9-13-2-1-7-25-13/h1-3,5,7-8,12H,4,6,9-10H2,(H,21,23). The number of halogens is 3. The van der Waals surface area contributed by atoms with Crippen LogP contribution >= 0.6 is 11.3 Å². The Balaban J connectivity index is 1.52. The Morgan fingerprint density at radius 3 is 3.00 bits per heavy atom. The van der Waals surface area contributed by atoms with Crippen LogP contribution in [0.4, 0.5) is 18.0 Å². The van der Waals surface area contributed by atoms with Gasteiger partial charge in [-0.25, -0.2) is 9.78 Å². The zero-order valence-corrected chi connectivity index (χ0v) is 13.9. The number of nitrogens with one attached hydrogen (secondary N) is 1. The van der Waals surface area contributed by atoms with Crippen LogP contribution < -0.4 is 10.1 Å². The van der Waals surface area contributed by atoms with Gasteiger partial charge in [-0.3, -0.25) is 0 Å². The molecule has 3 heterocycles. The number of rotatable bonds is 4. The smallest absolute Gasteiger partial charge is 0.416 e. The van der Waals surface area contributed by atoms with E-state index in [9.17, 15) is 18.0 Å². The van der Waals surface area contributed by atoms with Crippen LogP contribution in [-0.2, 0) is 12.7 Å². The van der Waals surface area contributed by atoms with Crippen molar-refractivity contribution < 1.29 is 22.7 Å². The van der Waals surface area contributed by atoms with Crippen molar-refractivity contribution in [3.63, 3.8) is 0 Å². The van der Waals surface area contributed by atoms with Gasteiger partial charge in [0.15, 0.2) is 0 Å². The van der Waals surface area contributed by atoms with Gasteiger partial charge in [-0.05, 0) is 17.5 Å². The highest BCUT2D eigenvalue weighted by Gasteiger charge is 2.32. The van der Waals surface area contributed by atoms with E-state index in [-0.39, 0.29) is 18.0 Å². The van der Waals surface area contributed by atoms with Crippen molar-refractivity contribution >= 4 is 17.4 Å². The molecule has 1 N–H and O–H groups in total. The molecule has 2 aromatic heterocycles. The van der Waals surface area contributed by atoms with Gasteiger partial charge in [0.25, 0.3) is 0 Å². The van der Waals surface area contributed by atoms with Gasteiger partial charge >= 0.3 is 12.2 Å². The minimum Gasteiger partial charge on any atom is -0.472 e. The molecule has 2 amide bonds. The van der Waals surface area contributed by atoms with Crippen molar-refractivity contribution in [3.05, 3.63) is 46.3 Å². The van der Waals surface area contributed by atoms with Gasteiger partial charge in [-0.1, -0.05) is 6.07 Å². The average molecular weight is 371 g/mol. The van der Waals surface area contributed by atoms with E-state index >= 15 is 0 Å². The first-order valence-electron chi connectivity index (χ1n) is 7.67. The number of aromatic nitrogens is 1. The molecular weight excluding hydrogens is 355 g/mol. The van der Waals surface area contributed by atoms with Crippen LogP contribution in [-0.4, -0.2) is 35.1 Å². The third-order valence-corrected chi connectivity index (χ3v) is 4.65. The number of amides is 2. The molecule has 0 aliphatic carbocycles. The van der Waals surface area contributed by atoms with Gasteiger partial charge in [-0.15, -0.1) is 11.3 Å². The van der Waals surface area contributed by atoms with E-state index in [0.29, 0.717) is 26.1 Å². The maximum absolute atomic E-state index is 12.7. The highest BCUT2D eigenvalue weighted by atomic mass is 32.1. The van der Waals surface area contributed by atoms with Crippen molar-refractivity contribution in [1.29, 1.82) is 0 Å². The first-order chi connectivity index (χ1) is 11.9. The van der Waals surface area contributed by atoms with E-state index in [1.165, 1.54) is 0 Å². The number of pyridine rings is 1. The SMILES string of the molecule is O=C(NCc1cccs1)N1CCC(Oc2cc(C(F)(F)F)ccn2)C1. The topological polar surface area (TPSA) is 54.5 Å². The number of hydrogen-bond donors (Lipinski definition) is 1. The predicted octanol–water partition coefficient (Wildman–Crippen LogP) is 3.52. The lowest BCUT2D eigenvalue weighted by molar-refractivity contribution is -0.137. The summed E-state index contributed by atoms with van der Waals surface area (Å²) in [5.41, 5.74) is -0.805. The number of hydrogen-bond acceptors (Lipinski definition) is 4. The first kappa shape index (κ1) is 17.5. The fraction of sp³-hybridized carbons (Fsp3) is 0.375. The highest BCUT2D eigenvalue weighted by molar-refractivity contribution is 7.09. The maximum atomic E-state index is 12.7. The zero-order chi connectivity index (χ0) is 17.9. The van der Waals surface area contributed by atoms with Gasteiger partial charge in [0, 0.05) is 30.1 Å². The van der Waals surface area contributed by atoms with Crippen molar-refractivity contribution in [2.24, 2.45) is 0 Å². The lowest BCUT2D eigenvalue weighted by Gasteiger charge is -2.17. The molecule has 0 aromatic carbocycles. The van der Waals surface area contributed by atoms with E-state index in [2.05, 4.69) is 10.3 Å². The molecule has 0 bridgehead atoms. The summed E-state index contributed by atoms with van der Waals surface area (Å²) in [5, 5.41) is 4.75. The van der Waals surface area contributed by atoms with Crippen LogP contribution in [0.1, 0.15) is 16.9 Å². The summed E-state index contributed by atoms with van der Waals surface area (Å²) >= 11 is 1.55. The Morgan fingerprint density at radius 2 is 2.28 bits per heavy atom. The van der Waals surface area contributed by atoms with Crippen molar-refractivity contribution in [2.45, 2.75) is 25.2 Å². The van der Waals surface area contributed by atoms with E-state index in [1.807, 2.05) is 17.5 Å². The Hall–Kier alpha value is -2.29. The Labute approximate surface area is 146 Å². The van der Waals surface area contributed by atoms with Crippen LogP contribution in [0.15, 0.2) is 35.8 Å². The Morgan fingerprint density at radius 1 is 1.44 bits per heavy atom. The van der Waals surface area contributed by atoms with Gasteiger partial charge in [0.1, 0.15) is 6.10 Å². The number of carbonyl (C=O) groups excluding carboxylic acids is 1. The van der Waals surface area contributed by atoms with E-state index < -0.39 is 11.7 Å². The molecule has 2 aromatic rings. The Bertz CT molecular complexity index is 722. The molecule has 1 unspecified atom stereocenters. The number of likely N-dealkylation sites (tertiary alicyclic amines) is 1. The molecular formula is C16H16F3N3O2S. The van der Waals surface area contributed by atoms with Crippen LogP contribution in [0, 0.1) is 0 Å².